The van der Waals surface area contributed by atoms with Gasteiger partial charge in [-0.15, -0.1) is 0 Å². The van der Waals surface area contributed by atoms with E-state index in [1.165, 1.54) is 148 Å². The molecule has 0 unspecified atom stereocenters. The number of nitrogens with two attached hydrogens (primary N) is 2. The highest BCUT2D eigenvalue weighted by Gasteiger charge is 2.71. The summed E-state index contributed by atoms with van der Waals surface area (Å²) in [6, 6.07) is 1.85. The molecule has 6 N–H and O–H groups in total. The molecule has 420 valence electrons. The standard InChI is InChI=1S/C33H54N2O3.C27H45NO2.C5H11N/c1-20-11-16-33(37-19-20)21(2)29-28(38-33)18-27-25-10-9-22-17-24(35-30(36)34-23-7-5-6-8-23)12-14-31(22,3)26(25)13-15-32(27,29)4;1-16-7-12-27(29-15-16)17(2)24-23(30-27)14-22-20-6-5-18-13-19(28)8-10-25(18,3)21(20)9-11-26(22,24)4;6-5-3-1-2-4-5/h20-29H,5-19H2,1-4H3,(H2,34,35,36);16-24H,5-15,28H2,1-4H3;5H,1-4,6H2/t20-,21-,22+,24+,25+,26-,27-,28-,29-,31-,32-,33+;16-,17-,18+,19+,20+,21-,22-,23-,24-,25-,26-,27+;/m00./s1. The molecule has 4 heterocycles. The van der Waals surface area contributed by atoms with E-state index in [0.717, 1.165) is 92.7 Å². The zero-order chi connectivity index (χ0) is 51.6. The van der Waals surface area contributed by atoms with E-state index in [1.807, 2.05) is 0 Å². The molecule has 2 amide bonds. The largest absolute Gasteiger partial charge is 0.349 e. The number of carbonyl (C=O) groups excluding carboxylic acids is 1. The number of nitrogens with one attached hydrogen (secondary N) is 2. The summed E-state index contributed by atoms with van der Waals surface area (Å²) in [5.41, 5.74) is 13.8. The van der Waals surface area contributed by atoms with Crippen LogP contribution in [0.25, 0.3) is 0 Å². The van der Waals surface area contributed by atoms with Crippen LogP contribution in [-0.4, -0.2) is 67.2 Å². The second-order valence-corrected chi connectivity index (χ2v) is 31.0. The van der Waals surface area contributed by atoms with Crippen molar-refractivity contribution in [3.63, 3.8) is 0 Å². The first-order valence-corrected chi connectivity index (χ1v) is 32.6. The van der Waals surface area contributed by atoms with Crippen molar-refractivity contribution in [2.75, 3.05) is 13.2 Å². The van der Waals surface area contributed by atoms with Crippen molar-refractivity contribution in [3.8, 4) is 0 Å². The molecule has 0 radical (unpaired) electrons. The van der Waals surface area contributed by atoms with Crippen LogP contribution in [0.4, 0.5) is 4.79 Å². The van der Waals surface area contributed by atoms with Crippen LogP contribution >= 0.6 is 0 Å². The molecule has 0 aromatic rings. The monoisotopic (exact) mass is 1030 g/mol. The predicted molar refractivity (Wildman–Crippen MR) is 296 cm³/mol. The fraction of sp³-hybridized carbons (Fsp3) is 0.985. The summed E-state index contributed by atoms with van der Waals surface area (Å²) in [5, 5.41) is 6.65. The van der Waals surface area contributed by atoms with Gasteiger partial charge >= 0.3 is 6.03 Å². The number of carbonyl (C=O) groups is 1. The molecule has 4 aliphatic heterocycles. The molecular weight excluding hydrogens is 917 g/mol. The number of hydrogen-bond acceptors (Lipinski definition) is 7. The lowest BCUT2D eigenvalue weighted by molar-refractivity contribution is -0.273. The molecule has 0 bridgehead atoms. The first kappa shape index (κ1) is 53.7. The Morgan fingerprint density at radius 2 is 0.905 bits per heavy atom. The molecule has 0 aromatic carbocycles. The highest BCUT2D eigenvalue weighted by molar-refractivity contribution is 5.74. The van der Waals surface area contributed by atoms with Crippen molar-refractivity contribution < 1.29 is 23.7 Å². The van der Waals surface area contributed by atoms with Gasteiger partial charge in [0.15, 0.2) is 11.6 Å². The van der Waals surface area contributed by atoms with Crippen molar-refractivity contribution in [2.24, 2.45) is 116 Å². The van der Waals surface area contributed by atoms with Gasteiger partial charge in [-0.25, -0.2) is 4.79 Å². The number of amides is 2. The molecule has 9 heteroatoms. The van der Waals surface area contributed by atoms with Gasteiger partial charge in [0.1, 0.15) is 0 Å². The van der Waals surface area contributed by atoms with E-state index in [-0.39, 0.29) is 17.6 Å². The number of hydrogen-bond donors (Lipinski definition) is 4. The Bertz CT molecular complexity index is 1970. The van der Waals surface area contributed by atoms with Gasteiger partial charge in [0.25, 0.3) is 0 Å². The van der Waals surface area contributed by atoms with E-state index in [2.05, 4.69) is 66.0 Å². The Kier molecular flexibility index (Phi) is 14.7. The van der Waals surface area contributed by atoms with Crippen LogP contribution in [0.1, 0.15) is 235 Å². The fourth-order valence-electron chi connectivity index (χ4n) is 23.2. The Morgan fingerprint density at radius 1 is 0.446 bits per heavy atom. The lowest BCUT2D eigenvalue weighted by Crippen LogP contribution is -2.56. The third-order valence-electron chi connectivity index (χ3n) is 27.3. The van der Waals surface area contributed by atoms with Gasteiger partial charge in [-0.2, -0.15) is 0 Å². The molecule has 10 aliphatic carbocycles. The minimum Gasteiger partial charge on any atom is -0.349 e. The molecule has 14 fully saturated rings. The van der Waals surface area contributed by atoms with E-state index >= 15 is 0 Å². The first-order chi connectivity index (χ1) is 35.4. The van der Waals surface area contributed by atoms with E-state index < -0.39 is 0 Å². The topological polar surface area (TPSA) is 130 Å². The van der Waals surface area contributed by atoms with Gasteiger partial charge in [0.2, 0.25) is 0 Å². The van der Waals surface area contributed by atoms with Gasteiger partial charge < -0.3 is 41.0 Å². The summed E-state index contributed by atoms with van der Waals surface area (Å²) in [6.45, 7) is 21.9. The van der Waals surface area contributed by atoms with Crippen LogP contribution in [0.5, 0.6) is 0 Å². The summed E-state index contributed by atoms with van der Waals surface area (Å²) in [6.07, 6.45) is 36.9. The van der Waals surface area contributed by atoms with Crippen LogP contribution < -0.4 is 22.1 Å². The summed E-state index contributed by atoms with van der Waals surface area (Å²) in [7, 11) is 0. The van der Waals surface area contributed by atoms with Gasteiger partial charge in [0.05, 0.1) is 25.4 Å². The van der Waals surface area contributed by atoms with Crippen LogP contribution in [0, 0.1) is 105 Å². The Hall–Kier alpha value is -0.970. The van der Waals surface area contributed by atoms with Gasteiger partial charge in [-0.1, -0.05) is 81.1 Å². The van der Waals surface area contributed by atoms with Crippen LogP contribution in [0.3, 0.4) is 0 Å². The van der Waals surface area contributed by atoms with E-state index in [0.29, 0.717) is 93.5 Å². The molecule has 2 spiro atoms. The average Bonchev–Trinajstić information content (AvgIpc) is 4.25. The van der Waals surface area contributed by atoms with E-state index in [4.69, 9.17) is 30.4 Å². The van der Waals surface area contributed by atoms with Crippen LogP contribution in [0.15, 0.2) is 0 Å². The van der Waals surface area contributed by atoms with Crippen molar-refractivity contribution >= 4 is 6.03 Å². The van der Waals surface area contributed by atoms with Gasteiger partial charge in [-0.3, -0.25) is 0 Å². The summed E-state index contributed by atoms with van der Waals surface area (Å²) in [4.78, 5) is 12.7. The first-order valence-electron chi connectivity index (χ1n) is 32.6. The van der Waals surface area contributed by atoms with E-state index in [9.17, 15) is 4.79 Å². The maximum Gasteiger partial charge on any atom is 0.315 e. The maximum atomic E-state index is 12.7. The normalized spacial score (nSPS) is 55.2. The lowest BCUT2D eigenvalue weighted by atomic mass is 9.44. The molecule has 14 rings (SSSR count). The number of fused-ring (bicyclic) bond motifs is 14. The number of rotatable bonds is 2. The second kappa shape index (κ2) is 20.2. The second-order valence-electron chi connectivity index (χ2n) is 31.0. The molecular formula is C65H110N4O5. The predicted octanol–water partition coefficient (Wildman–Crippen LogP) is 13.7. The van der Waals surface area contributed by atoms with Crippen LogP contribution in [-0.2, 0) is 18.9 Å². The Labute approximate surface area is 450 Å². The van der Waals surface area contributed by atoms with Gasteiger partial charge in [0, 0.05) is 48.8 Å². The molecule has 0 aromatic heterocycles. The quantitative estimate of drug-likeness (QED) is 0.217. The van der Waals surface area contributed by atoms with Crippen molar-refractivity contribution in [2.45, 2.75) is 283 Å². The summed E-state index contributed by atoms with van der Waals surface area (Å²) >= 11 is 0. The third-order valence-corrected chi connectivity index (χ3v) is 27.3. The van der Waals surface area contributed by atoms with Crippen molar-refractivity contribution in [1.82, 2.24) is 10.6 Å². The average molecular weight is 1030 g/mol. The highest BCUT2D eigenvalue weighted by atomic mass is 16.7. The molecule has 10 saturated carbocycles. The lowest BCUT2D eigenvalue weighted by Gasteiger charge is -2.61. The molecule has 24 atom stereocenters. The highest BCUT2D eigenvalue weighted by Crippen LogP contribution is 2.73. The maximum absolute atomic E-state index is 12.7. The third kappa shape index (κ3) is 8.97. The Balaban J connectivity index is 0.000000138. The fourth-order valence-corrected chi connectivity index (χ4v) is 23.2. The minimum atomic E-state index is -0.300. The number of urea groups is 1. The van der Waals surface area contributed by atoms with Gasteiger partial charge in [-0.05, 0) is 234 Å². The molecule has 9 nitrogen and oxygen atoms in total. The minimum absolute atomic E-state index is 0.0911. The molecule has 14 aliphatic rings. The molecule has 4 saturated heterocycles. The van der Waals surface area contributed by atoms with E-state index in [1.54, 1.807) is 0 Å². The Morgan fingerprint density at radius 3 is 1.38 bits per heavy atom. The van der Waals surface area contributed by atoms with Crippen molar-refractivity contribution in [3.05, 3.63) is 0 Å². The van der Waals surface area contributed by atoms with Crippen molar-refractivity contribution in [1.29, 1.82) is 0 Å². The zero-order valence-electron chi connectivity index (χ0n) is 48.5. The SMILES string of the molecule is C[C@H]1CC[C@@]2(OC1)O[C@H]1C[C@H]3[C@@H]4CC[C@@H]5C[C@H](N)CC[C@]5(C)[C@H]4CC[C@]3(C)[C@H]1[C@@H]2C.C[C@H]1CC[C@@]2(OC1)O[C@H]1C[C@H]3[C@@H]4CC[C@@H]5C[C@H](NC(=O)NC6CCCC6)CC[C@]5(C)[C@H]4CC[C@]3(C)[C@H]1[C@@H]2C.NC1CCCC1. The zero-order valence-corrected chi connectivity index (χ0v) is 48.5. The summed E-state index contributed by atoms with van der Waals surface area (Å²) < 4.78 is 26.9. The molecule has 74 heavy (non-hydrogen) atoms. The number of ether oxygens (including phenoxy) is 4. The summed E-state index contributed by atoms with van der Waals surface area (Å²) in [5.74, 6) is 10.1. The smallest absolute Gasteiger partial charge is 0.315 e. The van der Waals surface area contributed by atoms with Crippen LogP contribution in [0.2, 0.25) is 0 Å².